The van der Waals surface area contributed by atoms with Gasteiger partial charge in [0.25, 0.3) is 0 Å². The molecule has 0 bridgehead atoms. The lowest BCUT2D eigenvalue weighted by Gasteiger charge is -1.99. The third kappa shape index (κ3) is 2.76. The van der Waals surface area contributed by atoms with Crippen molar-refractivity contribution in [2.45, 2.75) is 6.92 Å². The van der Waals surface area contributed by atoms with Crippen LogP contribution in [0.4, 0.5) is 0 Å². The minimum absolute atomic E-state index is 0.582. The minimum atomic E-state index is 0.582. The molecule has 2 aromatic rings. The summed E-state index contributed by atoms with van der Waals surface area (Å²) in [5.74, 6) is 0.802. The Bertz CT molecular complexity index is 605. The summed E-state index contributed by atoms with van der Waals surface area (Å²) in [6.45, 7) is 1.92. The highest BCUT2D eigenvalue weighted by Crippen LogP contribution is 2.22. The van der Waals surface area contributed by atoms with Crippen molar-refractivity contribution in [1.82, 2.24) is 4.98 Å². The number of nitriles is 1. The Morgan fingerprint density at radius 3 is 2.61 bits per heavy atom. The topological polar surface area (TPSA) is 45.9 Å². The number of aryl methyl sites for hydroxylation is 1. The highest BCUT2D eigenvalue weighted by Gasteiger charge is 2.05. The normalized spacial score (nSPS) is 11.1. The van der Waals surface area contributed by atoms with Gasteiger partial charge in [-0.2, -0.15) is 5.26 Å². The molecule has 2 rings (SSSR count). The van der Waals surface area contributed by atoms with Crippen LogP contribution in [-0.4, -0.2) is 12.1 Å². The van der Waals surface area contributed by atoms with Crippen molar-refractivity contribution >= 4 is 23.0 Å². The first-order chi connectivity index (χ1) is 8.72. The Morgan fingerprint density at radius 2 is 2.11 bits per heavy atom. The van der Waals surface area contributed by atoms with Crippen LogP contribution in [0.1, 0.15) is 16.3 Å². The Kier molecular flexibility index (Phi) is 3.75. The van der Waals surface area contributed by atoms with E-state index in [9.17, 15) is 5.26 Å². The number of rotatable bonds is 3. The van der Waals surface area contributed by atoms with E-state index in [0.29, 0.717) is 5.57 Å². The van der Waals surface area contributed by atoms with Crippen LogP contribution in [-0.2, 0) is 0 Å². The van der Waals surface area contributed by atoms with E-state index in [4.69, 9.17) is 4.74 Å². The van der Waals surface area contributed by atoms with E-state index in [-0.39, 0.29) is 0 Å². The van der Waals surface area contributed by atoms with Crippen LogP contribution in [0.25, 0.3) is 11.6 Å². The molecule has 0 aliphatic carbocycles. The van der Waals surface area contributed by atoms with Crippen LogP contribution < -0.4 is 4.74 Å². The molecule has 4 heteroatoms. The van der Waals surface area contributed by atoms with Crippen molar-refractivity contribution < 1.29 is 4.74 Å². The fourth-order valence-corrected chi connectivity index (χ4v) is 2.25. The first-order valence-electron chi connectivity index (χ1n) is 5.41. The second kappa shape index (κ2) is 5.48. The molecule has 0 amide bonds. The molecule has 0 unspecified atom stereocenters. The van der Waals surface area contributed by atoms with E-state index in [2.05, 4.69) is 11.1 Å². The van der Waals surface area contributed by atoms with Crippen molar-refractivity contribution in [1.29, 1.82) is 5.26 Å². The number of benzene rings is 1. The molecule has 0 fully saturated rings. The molecule has 0 radical (unpaired) electrons. The highest BCUT2D eigenvalue weighted by atomic mass is 32.1. The molecule has 1 aromatic carbocycles. The maximum absolute atomic E-state index is 9.17. The predicted molar refractivity (Wildman–Crippen MR) is 73.3 cm³/mol. The lowest BCUT2D eigenvalue weighted by Crippen LogP contribution is -1.83. The number of allylic oxidation sites excluding steroid dienone is 1. The third-order valence-corrected chi connectivity index (χ3v) is 3.39. The smallest absolute Gasteiger partial charge is 0.134 e. The van der Waals surface area contributed by atoms with E-state index < -0.39 is 0 Å². The van der Waals surface area contributed by atoms with Crippen molar-refractivity contribution in [2.24, 2.45) is 0 Å². The third-order valence-electron chi connectivity index (χ3n) is 2.40. The molecule has 90 valence electrons. The Hall–Kier alpha value is -2.12. The van der Waals surface area contributed by atoms with Crippen LogP contribution in [0, 0.1) is 18.3 Å². The van der Waals surface area contributed by atoms with Crippen LogP contribution in [0.15, 0.2) is 29.6 Å². The standard InChI is InChI=1S/C14H12N2OS/c1-10-9-18-14(16-10)12(8-15)7-11-3-5-13(17-2)6-4-11/h3-7,9H,1-2H3/b12-7+. The first kappa shape index (κ1) is 12.3. The summed E-state index contributed by atoms with van der Waals surface area (Å²) >= 11 is 1.48. The second-order valence-corrected chi connectivity index (χ2v) is 4.60. The fourth-order valence-electron chi connectivity index (χ4n) is 1.49. The second-order valence-electron chi connectivity index (χ2n) is 3.74. The largest absolute Gasteiger partial charge is 0.497 e. The Balaban J connectivity index is 2.32. The monoisotopic (exact) mass is 256 g/mol. The number of aromatic nitrogens is 1. The number of hydrogen-bond acceptors (Lipinski definition) is 4. The SMILES string of the molecule is COc1ccc(/C=C(\C#N)c2nc(C)cs2)cc1. The average Bonchev–Trinajstić information content (AvgIpc) is 2.83. The number of ether oxygens (including phenoxy) is 1. The van der Waals surface area contributed by atoms with Crippen LogP contribution in [0.2, 0.25) is 0 Å². The van der Waals surface area contributed by atoms with Gasteiger partial charge in [-0.15, -0.1) is 11.3 Å². The summed E-state index contributed by atoms with van der Waals surface area (Å²) in [5.41, 5.74) is 2.48. The van der Waals surface area contributed by atoms with Crippen molar-refractivity contribution in [3.8, 4) is 11.8 Å². The molecular weight excluding hydrogens is 244 g/mol. The van der Waals surface area contributed by atoms with Crippen molar-refractivity contribution in [3.05, 3.63) is 45.9 Å². The molecular formula is C14H12N2OS. The van der Waals surface area contributed by atoms with Crippen molar-refractivity contribution in [2.75, 3.05) is 7.11 Å². The van der Waals surface area contributed by atoms with E-state index in [1.54, 1.807) is 7.11 Å². The number of hydrogen-bond donors (Lipinski definition) is 0. The van der Waals surface area contributed by atoms with E-state index >= 15 is 0 Å². The molecule has 0 atom stereocenters. The van der Waals surface area contributed by atoms with Gasteiger partial charge in [0.2, 0.25) is 0 Å². The molecule has 1 heterocycles. The zero-order valence-electron chi connectivity index (χ0n) is 10.2. The molecule has 0 N–H and O–H groups in total. The molecule has 3 nitrogen and oxygen atoms in total. The van der Waals surface area contributed by atoms with Gasteiger partial charge in [-0.25, -0.2) is 4.98 Å². The van der Waals surface area contributed by atoms with Crippen molar-refractivity contribution in [3.63, 3.8) is 0 Å². The molecule has 18 heavy (non-hydrogen) atoms. The molecule has 0 saturated heterocycles. The Morgan fingerprint density at radius 1 is 1.39 bits per heavy atom. The zero-order chi connectivity index (χ0) is 13.0. The summed E-state index contributed by atoms with van der Waals surface area (Å²) in [5, 5.41) is 11.9. The predicted octanol–water partition coefficient (Wildman–Crippen LogP) is 3.52. The molecule has 0 aliphatic rings. The van der Waals surface area contributed by atoms with Gasteiger partial charge in [-0.3, -0.25) is 0 Å². The van der Waals surface area contributed by atoms with E-state index in [1.807, 2.05) is 42.6 Å². The quantitative estimate of drug-likeness (QED) is 0.789. The molecule has 0 saturated carbocycles. The van der Waals surface area contributed by atoms with E-state index in [1.165, 1.54) is 11.3 Å². The fraction of sp³-hybridized carbons (Fsp3) is 0.143. The van der Waals surface area contributed by atoms with Gasteiger partial charge in [0.05, 0.1) is 12.7 Å². The molecule has 0 aliphatic heterocycles. The lowest BCUT2D eigenvalue weighted by atomic mass is 10.1. The van der Waals surface area contributed by atoms with Gasteiger partial charge in [-0.05, 0) is 30.7 Å². The summed E-state index contributed by atoms with van der Waals surface area (Å²) in [6, 6.07) is 9.75. The van der Waals surface area contributed by atoms with Crippen LogP contribution >= 0.6 is 11.3 Å². The maximum atomic E-state index is 9.17. The van der Waals surface area contributed by atoms with E-state index in [0.717, 1.165) is 22.0 Å². The number of nitrogens with zero attached hydrogens (tertiary/aromatic N) is 2. The van der Waals surface area contributed by atoms with Gasteiger partial charge in [-0.1, -0.05) is 12.1 Å². The molecule has 1 aromatic heterocycles. The first-order valence-corrected chi connectivity index (χ1v) is 6.29. The number of thiazole rings is 1. The summed E-state index contributed by atoms with van der Waals surface area (Å²) in [6.07, 6.45) is 1.83. The summed E-state index contributed by atoms with van der Waals surface area (Å²) in [7, 11) is 1.63. The summed E-state index contributed by atoms with van der Waals surface area (Å²) in [4.78, 5) is 4.31. The lowest BCUT2D eigenvalue weighted by molar-refractivity contribution is 0.415. The minimum Gasteiger partial charge on any atom is -0.497 e. The van der Waals surface area contributed by atoms with Gasteiger partial charge in [0.1, 0.15) is 16.8 Å². The Labute approximate surface area is 110 Å². The number of methoxy groups -OCH3 is 1. The van der Waals surface area contributed by atoms with Crippen LogP contribution in [0.3, 0.4) is 0 Å². The van der Waals surface area contributed by atoms with Gasteiger partial charge in [0.15, 0.2) is 0 Å². The van der Waals surface area contributed by atoms with Crippen LogP contribution in [0.5, 0.6) is 5.75 Å². The summed E-state index contributed by atoms with van der Waals surface area (Å²) < 4.78 is 5.09. The maximum Gasteiger partial charge on any atom is 0.134 e. The van der Waals surface area contributed by atoms with Gasteiger partial charge in [0, 0.05) is 11.1 Å². The average molecular weight is 256 g/mol. The zero-order valence-corrected chi connectivity index (χ0v) is 11.0. The molecule has 0 spiro atoms. The highest BCUT2D eigenvalue weighted by molar-refractivity contribution is 7.11. The van der Waals surface area contributed by atoms with Gasteiger partial charge >= 0.3 is 0 Å². The van der Waals surface area contributed by atoms with Gasteiger partial charge < -0.3 is 4.74 Å².